The molecule has 18 heavy (non-hydrogen) atoms. The van der Waals surface area contributed by atoms with Gasteiger partial charge in [-0.25, -0.2) is 3.93 Å². The van der Waals surface area contributed by atoms with E-state index in [1.807, 2.05) is 62.4 Å². The summed E-state index contributed by atoms with van der Waals surface area (Å²) in [5, 5.41) is 0. The summed E-state index contributed by atoms with van der Waals surface area (Å²) in [6.45, 7) is 3.98. The van der Waals surface area contributed by atoms with Crippen molar-refractivity contribution < 1.29 is 4.79 Å². The quantitative estimate of drug-likeness (QED) is 0.759. The minimum Gasteiger partial charge on any atom is -0.268 e. The first kappa shape index (κ1) is 12.8. The molecule has 0 atom stereocenters. The van der Waals surface area contributed by atoms with Crippen LogP contribution in [-0.2, 0) is 0 Å². The van der Waals surface area contributed by atoms with Crippen LogP contribution in [-0.4, -0.2) is 5.91 Å². The number of amides is 1. The third kappa shape index (κ3) is 2.79. The number of aryl methyl sites for hydroxylation is 2. The smallest absolute Gasteiger partial charge is 0.268 e. The lowest BCUT2D eigenvalue weighted by Crippen LogP contribution is -2.20. The lowest BCUT2D eigenvalue weighted by Gasteiger charge is -2.15. The molecular formula is C15H14BrNO. The number of benzene rings is 2. The molecule has 0 aromatic heterocycles. The predicted molar refractivity (Wildman–Crippen MR) is 78.1 cm³/mol. The van der Waals surface area contributed by atoms with E-state index in [9.17, 15) is 4.79 Å². The Balaban J connectivity index is 2.29. The van der Waals surface area contributed by atoms with Gasteiger partial charge in [-0.1, -0.05) is 29.8 Å². The van der Waals surface area contributed by atoms with E-state index >= 15 is 0 Å². The fourth-order valence-electron chi connectivity index (χ4n) is 1.76. The number of nitrogens with zero attached hydrogens (tertiary/aromatic N) is 1. The zero-order valence-corrected chi connectivity index (χ0v) is 11.9. The largest absolute Gasteiger partial charge is 0.268 e. The highest BCUT2D eigenvalue weighted by Gasteiger charge is 2.15. The maximum absolute atomic E-state index is 12.3. The topological polar surface area (TPSA) is 20.3 Å². The van der Waals surface area contributed by atoms with Gasteiger partial charge in [-0.15, -0.1) is 0 Å². The summed E-state index contributed by atoms with van der Waals surface area (Å²) in [7, 11) is 0. The van der Waals surface area contributed by atoms with Gasteiger partial charge in [0.15, 0.2) is 0 Å². The second-order valence-corrected chi connectivity index (χ2v) is 5.00. The average Bonchev–Trinajstić information content (AvgIpc) is 2.37. The van der Waals surface area contributed by atoms with Crippen molar-refractivity contribution in [2.75, 3.05) is 3.93 Å². The molecule has 0 unspecified atom stereocenters. The summed E-state index contributed by atoms with van der Waals surface area (Å²) in [4.78, 5) is 12.3. The fourth-order valence-corrected chi connectivity index (χ4v) is 2.18. The second-order valence-electron chi connectivity index (χ2n) is 4.29. The van der Waals surface area contributed by atoms with Crippen molar-refractivity contribution in [2.45, 2.75) is 13.8 Å². The van der Waals surface area contributed by atoms with E-state index in [1.54, 1.807) is 0 Å². The van der Waals surface area contributed by atoms with Crippen LogP contribution in [0.5, 0.6) is 0 Å². The SMILES string of the molecule is Cc1cccc(C(=O)N(Br)c2cccc(C)c2)c1. The Morgan fingerprint density at radius 3 is 2.22 bits per heavy atom. The molecule has 0 saturated carbocycles. The van der Waals surface area contributed by atoms with E-state index < -0.39 is 0 Å². The summed E-state index contributed by atoms with van der Waals surface area (Å²) in [5.41, 5.74) is 3.70. The minimum absolute atomic E-state index is 0.0655. The molecule has 2 aromatic carbocycles. The van der Waals surface area contributed by atoms with Crippen molar-refractivity contribution in [1.29, 1.82) is 0 Å². The number of rotatable bonds is 2. The van der Waals surface area contributed by atoms with Crippen molar-refractivity contribution in [1.82, 2.24) is 0 Å². The predicted octanol–water partition coefficient (Wildman–Crippen LogP) is 4.26. The van der Waals surface area contributed by atoms with Gasteiger partial charge in [0, 0.05) is 5.56 Å². The van der Waals surface area contributed by atoms with Crippen molar-refractivity contribution in [3.8, 4) is 0 Å². The molecule has 0 aliphatic rings. The molecule has 0 spiro atoms. The summed E-state index contributed by atoms with van der Waals surface area (Å²) in [5.74, 6) is -0.0655. The third-order valence-electron chi connectivity index (χ3n) is 2.67. The zero-order valence-electron chi connectivity index (χ0n) is 10.4. The highest BCUT2D eigenvalue weighted by Crippen LogP contribution is 2.22. The Bertz CT molecular complexity index is 580. The number of anilines is 1. The molecule has 0 aliphatic carbocycles. The maximum Gasteiger partial charge on any atom is 0.268 e. The maximum atomic E-state index is 12.3. The van der Waals surface area contributed by atoms with E-state index in [1.165, 1.54) is 3.93 Å². The Morgan fingerprint density at radius 1 is 1.00 bits per heavy atom. The fraction of sp³-hybridized carbons (Fsp3) is 0.133. The van der Waals surface area contributed by atoms with Crippen molar-refractivity contribution in [3.63, 3.8) is 0 Å². The van der Waals surface area contributed by atoms with Crippen LogP contribution >= 0.6 is 16.1 Å². The number of hydrogen-bond donors (Lipinski definition) is 0. The van der Waals surface area contributed by atoms with Crippen LogP contribution < -0.4 is 3.93 Å². The molecule has 2 nitrogen and oxygen atoms in total. The van der Waals surface area contributed by atoms with Gasteiger partial charge in [0.1, 0.15) is 0 Å². The first-order valence-corrected chi connectivity index (χ1v) is 6.42. The molecule has 0 heterocycles. The normalized spacial score (nSPS) is 10.2. The highest BCUT2D eigenvalue weighted by atomic mass is 79.9. The molecule has 3 heteroatoms. The van der Waals surface area contributed by atoms with E-state index in [4.69, 9.17) is 0 Å². The number of halogens is 1. The second kappa shape index (κ2) is 5.36. The van der Waals surface area contributed by atoms with Crippen LogP contribution in [0, 0.1) is 13.8 Å². The molecule has 2 aromatic rings. The van der Waals surface area contributed by atoms with Crippen LogP contribution in [0.2, 0.25) is 0 Å². The lowest BCUT2D eigenvalue weighted by molar-refractivity contribution is 0.101. The Morgan fingerprint density at radius 2 is 1.61 bits per heavy atom. The molecule has 0 fully saturated rings. The van der Waals surface area contributed by atoms with Gasteiger partial charge in [-0.3, -0.25) is 4.79 Å². The average molecular weight is 304 g/mol. The van der Waals surface area contributed by atoms with Crippen molar-refractivity contribution >= 4 is 27.7 Å². The number of carbonyl (C=O) groups is 1. The first-order chi connectivity index (χ1) is 8.58. The van der Waals surface area contributed by atoms with Gasteiger partial charge >= 0.3 is 0 Å². The number of hydrogen-bond acceptors (Lipinski definition) is 1. The Hall–Kier alpha value is -1.61. The van der Waals surface area contributed by atoms with Gasteiger partial charge in [-0.05, 0) is 43.7 Å². The first-order valence-electron chi connectivity index (χ1n) is 5.71. The molecule has 0 saturated heterocycles. The molecule has 0 aliphatic heterocycles. The van der Waals surface area contributed by atoms with Gasteiger partial charge in [0.25, 0.3) is 5.91 Å². The molecule has 0 N–H and O–H groups in total. The van der Waals surface area contributed by atoms with Gasteiger partial charge in [0.05, 0.1) is 21.8 Å². The van der Waals surface area contributed by atoms with Gasteiger partial charge < -0.3 is 0 Å². The Labute approximate surface area is 116 Å². The van der Waals surface area contributed by atoms with Crippen LogP contribution in [0.3, 0.4) is 0 Å². The van der Waals surface area contributed by atoms with Crippen molar-refractivity contribution in [3.05, 3.63) is 65.2 Å². The molecule has 2 rings (SSSR count). The molecule has 1 amide bonds. The van der Waals surface area contributed by atoms with E-state index in [-0.39, 0.29) is 5.91 Å². The molecular weight excluding hydrogens is 290 g/mol. The molecule has 0 bridgehead atoms. The summed E-state index contributed by atoms with van der Waals surface area (Å²) >= 11 is 3.33. The van der Waals surface area contributed by atoms with Crippen LogP contribution in [0.15, 0.2) is 48.5 Å². The van der Waals surface area contributed by atoms with Crippen molar-refractivity contribution in [2.24, 2.45) is 0 Å². The number of carbonyl (C=O) groups excluding carboxylic acids is 1. The van der Waals surface area contributed by atoms with Crippen LogP contribution in [0.25, 0.3) is 0 Å². The Kier molecular flexibility index (Phi) is 3.82. The lowest BCUT2D eigenvalue weighted by atomic mass is 10.1. The van der Waals surface area contributed by atoms with Gasteiger partial charge in [-0.2, -0.15) is 0 Å². The van der Waals surface area contributed by atoms with E-state index in [0.29, 0.717) is 5.56 Å². The summed E-state index contributed by atoms with van der Waals surface area (Å²) < 4.78 is 1.49. The third-order valence-corrected chi connectivity index (χ3v) is 3.40. The van der Waals surface area contributed by atoms with Crippen LogP contribution in [0.1, 0.15) is 21.5 Å². The van der Waals surface area contributed by atoms with Crippen LogP contribution in [0.4, 0.5) is 5.69 Å². The monoisotopic (exact) mass is 303 g/mol. The zero-order chi connectivity index (χ0) is 13.1. The summed E-state index contributed by atoms with van der Waals surface area (Å²) in [6.07, 6.45) is 0. The summed E-state index contributed by atoms with van der Waals surface area (Å²) in [6, 6.07) is 15.4. The van der Waals surface area contributed by atoms with Gasteiger partial charge in [0.2, 0.25) is 0 Å². The van der Waals surface area contributed by atoms with E-state index in [0.717, 1.165) is 16.8 Å². The van der Waals surface area contributed by atoms with E-state index in [2.05, 4.69) is 16.1 Å². The highest BCUT2D eigenvalue weighted by molar-refractivity contribution is 9.10. The minimum atomic E-state index is -0.0655. The molecule has 0 radical (unpaired) electrons. The molecule has 92 valence electrons. The standard InChI is InChI=1S/C15H14BrNO/c1-11-5-3-7-13(9-11)15(18)17(16)14-8-4-6-12(2)10-14/h3-10H,1-2H3.